The highest BCUT2D eigenvalue weighted by Gasteiger charge is 2.34. The number of carboxylic acids is 2. The first-order valence-corrected chi connectivity index (χ1v) is 5.49. The van der Waals surface area contributed by atoms with Crippen molar-refractivity contribution in [2.75, 3.05) is 6.54 Å². The SMILES string of the molecule is O=C(O)c1cc([C@H]2CCN[C@@H]2C(=O)O)ccc1F. The van der Waals surface area contributed by atoms with Crippen LogP contribution in [0, 0.1) is 5.82 Å². The van der Waals surface area contributed by atoms with Crippen molar-refractivity contribution in [3.05, 3.63) is 35.1 Å². The third-order valence-corrected chi connectivity index (χ3v) is 3.14. The van der Waals surface area contributed by atoms with E-state index in [0.29, 0.717) is 18.5 Å². The molecule has 0 aliphatic carbocycles. The first kappa shape index (κ1) is 12.5. The van der Waals surface area contributed by atoms with Crippen molar-refractivity contribution < 1.29 is 24.2 Å². The van der Waals surface area contributed by atoms with Gasteiger partial charge in [-0.05, 0) is 30.7 Å². The monoisotopic (exact) mass is 253 g/mol. The molecule has 1 fully saturated rings. The lowest BCUT2D eigenvalue weighted by atomic mass is 9.91. The Bertz CT molecular complexity index is 503. The van der Waals surface area contributed by atoms with E-state index in [0.717, 1.165) is 6.07 Å². The predicted octanol–water partition coefficient (Wildman–Crippen LogP) is 1.05. The predicted molar refractivity (Wildman–Crippen MR) is 60.1 cm³/mol. The molecular formula is C12H12FNO4. The Labute approximate surface area is 102 Å². The normalized spacial score (nSPS) is 22.9. The highest BCUT2D eigenvalue weighted by atomic mass is 19.1. The van der Waals surface area contributed by atoms with Gasteiger partial charge in [0.2, 0.25) is 0 Å². The Morgan fingerprint density at radius 2 is 2.06 bits per heavy atom. The minimum atomic E-state index is -1.35. The Hall–Kier alpha value is -1.95. The molecule has 0 radical (unpaired) electrons. The van der Waals surface area contributed by atoms with E-state index in [1.807, 2.05) is 0 Å². The van der Waals surface area contributed by atoms with E-state index in [-0.39, 0.29) is 5.92 Å². The van der Waals surface area contributed by atoms with Crippen molar-refractivity contribution in [2.24, 2.45) is 0 Å². The molecule has 0 spiro atoms. The number of aliphatic carboxylic acids is 1. The average Bonchev–Trinajstić information content (AvgIpc) is 2.78. The van der Waals surface area contributed by atoms with Crippen LogP contribution in [0.5, 0.6) is 0 Å². The molecule has 3 N–H and O–H groups in total. The fraction of sp³-hybridized carbons (Fsp3) is 0.333. The minimum absolute atomic E-state index is 0.332. The van der Waals surface area contributed by atoms with E-state index >= 15 is 0 Å². The van der Waals surface area contributed by atoms with Gasteiger partial charge >= 0.3 is 11.9 Å². The summed E-state index contributed by atoms with van der Waals surface area (Å²) in [4.78, 5) is 21.9. The molecule has 2 rings (SSSR count). The van der Waals surface area contributed by atoms with Crippen LogP contribution < -0.4 is 5.32 Å². The molecule has 6 heteroatoms. The summed E-state index contributed by atoms with van der Waals surface area (Å²) in [6.07, 6.45) is 0.585. The Morgan fingerprint density at radius 3 is 2.67 bits per heavy atom. The first-order valence-electron chi connectivity index (χ1n) is 5.49. The van der Waals surface area contributed by atoms with Gasteiger partial charge in [-0.2, -0.15) is 0 Å². The van der Waals surface area contributed by atoms with Gasteiger partial charge in [0, 0.05) is 5.92 Å². The molecule has 1 heterocycles. The molecule has 1 aliphatic heterocycles. The van der Waals surface area contributed by atoms with Crippen LogP contribution in [0.3, 0.4) is 0 Å². The van der Waals surface area contributed by atoms with Crippen LogP contribution in [-0.2, 0) is 4.79 Å². The number of carboxylic acid groups (broad SMARTS) is 2. The second-order valence-corrected chi connectivity index (χ2v) is 4.21. The molecule has 18 heavy (non-hydrogen) atoms. The molecule has 1 saturated heterocycles. The molecule has 96 valence electrons. The second kappa shape index (κ2) is 4.73. The minimum Gasteiger partial charge on any atom is -0.480 e. The van der Waals surface area contributed by atoms with Crippen LogP contribution in [0.2, 0.25) is 0 Å². The van der Waals surface area contributed by atoms with Gasteiger partial charge < -0.3 is 15.5 Å². The number of nitrogens with one attached hydrogen (secondary N) is 1. The van der Waals surface area contributed by atoms with Crippen molar-refractivity contribution >= 4 is 11.9 Å². The number of benzene rings is 1. The first-order chi connectivity index (χ1) is 8.50. The molecule has 5 nitrogen and oxygen atoms in total. The summed E-state index contributed by atoms with van der Waals surface area (Å²) in [6.45, 7) is 0.543. The third kappa shape index (κ3) is 2.19. The Morgan fingerprint density at radius 1 is 1.33 bits per heavy atom. The highest BCUT2D eigenvalue weighted by molar-refractivity contribution is 5.88. The van der Waals surface area contributed by atoms with Gasteiger partial charge in [-0.3, -0.25) is 4.79 Å². The van der Waals surface area contributed by atoms with Gasteiger partial charge in [-0.25, -0.2) is 9.18 Å². The van der Waals surface area contributed by atoms with E-state index in [1.165, 1.54) is 12.1 Å². The van der Waals surface area contributed by atoms with E-state index in [4.69, 9.17) is 10.2 Å². The lowest BCUT2D eigenvalue weighted by Crippen LogP contribution is -2.34. The van der Waals surface area contributed by atoms with Gasteiger partial charge in [0.05, 0.1) is 5.56 Å². The molecule has 0 aromatic heterocycles. The molecule has 0 saturated carbocycles. The molecule has 0 unspecified atom stereocenters. The zero-order valence-electron chi connectivity index (χ0n) is 9.39. The zero-order valence-corrected chi connectivity index (χ0v) is 9.39. The summed E-state index contributed by atoms with van der Waals surface area (Å²) >= 11 is 0. The summed E-state index contributed by atoms with van der Waals surface area (Å²) in [5.41, 5.74) is 0.106. The lowest BCUT2D eigenvalue weighted by molar-refractivity contribution is -0.139. The van der Waals surface area contributed by atoms with Gasteiger partial charge in [0.1, 0.15) is 11.9 Å². The summed E-state index contributed by atoms with van der Waals surface area (Å²) in [6, 6.07) is 2.97. The maximum atomic E-state index is 13.3. The number of rotatable bonds is 3. The van der Waals surface area contributed by atoms with Crippen molar-refractivity contribution in [1.82, 2.24) is 5.32 Å². The summed E-state index contributed by atoms with van der Waals surface area (Å²) < 4.78 is 13.3. The zero-order chi connectivity index (χ0) is 13.3. The largest absolute Gasteiger partial charge is 0.480 e. The summed E-state index contributed by atoms with van der Waals surface area (Å²) in [5.74, 6) is -3.49. The topological polar surface area (TPSA) is 86.6 Å². The van der Waals surface area contributed by atoms with Crippen molar-refractivity contribution in [1.29, 1.82) is 0 Å². The summed E-state index contributed by atoms with van der Waals surface area (Å²) in [5, 5.41) is 20.7. The van der Waals surface area contributed by atoms with E-state index in [1.54, 1.807) is 0 Å². The maximum absolute atomic E-state index is 13.3. The van der Waals surface area contributed by atoms with Gasteiger partial charge in [0.15, 0.2) is 0 Å². The quantitative estimate of drug-likeness (QED) is 0.749. The fourth-order valence-electron chi connectivity index (χ4n) is 2.26. The van der Waals surface area contributed by atoms with E-state index in [2.05, 4.69) is 5.32 Å². The van der Waals surface area contributed by atoms with Crippen molar-refractivity contribution in [3.8, 4) is 0 Å². The van der Waals surface area contributed by atoms with E-state index < -0.39 is 29.4 Å². The molecule has 1 aromatic rings. The molecular weight excluding hydrogens is 241 g/mol. The number of aromatic carboxylic acids is 1. The highest BCUT2D eigenvalue weighted by Crippen LogP contribution is 2.29. The molecule has 0 amide bonds. The number of hydrogen-bond donors (Lipinski definition) is 3. The Balaban J connectivity index is 2.36. The molecule has 1 aliphatic rings. The van der Waals surface area contributed by atoms with Crippen molar-refractivity contribution in [2.45, 2.75) is 18.4 Å². The van der Waals surface area contributed by atoms with Crippen LogP contribution in [0.1, 0.15) is 28.3 Å². The fourth-order valence-corrected chi connectivity index (χ4v) is 2.26. The van der Waals surface area contributed by atoms with Gasteiger partial charge in [-0.15, -0.1) is 0 Å². The molecule has 2 atom stereocenters. The van der Waals surface area contributed by atoms with Crippen LogP contribution in [0.4, 0.5) is 4.39 Å². The average molecular weight is 253 g/mol. The van der Waals surface area contributed by atoms with Crippen LogP contribution in [-0.4, -0.2) is 34.7 Å². The Kier molecular flexibility index (Phi) is 3.29. The third-order valence-electron chi connectivity index (χ3n) is 3.14. The maximum Gasteiger partial charge on any atom is 0.338 e. The second-order valence-electron chi connectivity index (χ2n) is 4.21. The lowest BCUT2D eigenvalue weighted by Gasteiger charge is -2.16. The van der Waals surface area contributed by atoms with E-state index in [9.17, 15) is 14.0 Å². The van der Waals surface area contributed by atoms with Crippen LogP contribution >= 0.6 is 0 Å². The standard InChI is InChI=1S/C12H12FNO4/c13-9-2-1-6(5-8(9)11(15)16)7-3-4-14-10(7)12(17)18/h1-2,5,7,10,14H,3-4H2,(H,15,16)(H,17,18)/t7-,10+/m1/s1. The van der Waals surface area contributed by atoms with Crippen LogP contribution in [0.15, 0.2) is 18.2 Å². The molecule has 1 aromatic carbocycles. The van der Waals surface area contributed by atoms with Crippen molar-refractivity contribution in [3.63, 3.8) is 0 Å². The number of carbonyl (C=O) groups is 2. The van der Waals surface area contributed by atoms with Crippen LogP contribution in [0.25, 0.3) is 0 Å². The van der Waals surface area contributed by atoms with Gasteiger partial charge in [-0.1, -0.05) is 6.07 Å². The number of halogens is 1. The molecule has 0 bridgehead atoms. The smallest absolute Gasteiger partial charge is 0.338 e. The van der Waals surface area contributed by atoms with Gasteiger partial charge in [0.25, 0.3) is 0 Å². The summed E-state index contributed by atoms with van der Waals surface area (Å²) in [7, 11) is 0. The number of hydrogen-bond acceptors (Lipinski definition) is 3.